The first-order valence-electron chi connectivity index (χ1n) is 18.8. The number of aliphatic carboxylic acids is 1. The monoisotopic (exact) mass is 697 g/mol. The molecule has 50 heavy (non-hydrogen) atoms. The highest BCUT2D eigenvalue weighted by Crippen LogP contribution is 2.34. The molecule has 0 unspecified atom stereocenters. The summed E-state index contributed by atoms with van der Waals surface area (Å²) < 4.78 is 30.9. The minimum absolute atomic E-state index is 0.000495. The number of likely N-dealkylation sites (tertiary alicyclic amines) is 1. The number of hydrogen-bond donors (Lipinski definition) is 3. The minimum Gasteiger partial charge on any atom is -0.481 e. The molecule has 12 heteroatoms. The van der Waals surface area contributed by atoms with Crippen LogP contribution in [0.1, 0.15) is 109 Å². The Bertz CT molecular complexity index is 1420. The number of rotatable bonds is 17. The molecule has 0 atom stereocenters. The van der Waals surface area contributed by atoms with Crippen LogP contribution in [-0.2, 0) is 16.1 Å². The normalized spacial score (nSPS) is 19.1. The van der Waals surface area contributed by atoms with E-state index in [1.165, 1.54) is 37.8 Å². The molecule has 3 N–H and O–H groups in total. The highest BCUT2D eigenvalue weighted by molar-refractivity contribution is 5.84. The van der Waals surface area contributed by atoms with Gasteiger partial charge in [0, 0.05) is 56.8 Å². The Morgan fingerprint density at radius 3 is 2.20 bits per heavy atom. The first kappa shape index (κ1) is 37.7. The maximum atomic E-state index is 15.5. The molecule has 5 rings (SSSR count). The zero-order valence-electron chi connectivity index (χ0n) is 30.1. The van der Waals surface area contributed by atoms with Gasteiger partial charge in [-0.1, -0.05) is 58.8 Å². The molecule has 0 aliphatic carbocycles. The number of halogens is 2. The topological polar surface area (TPSA) is 114 Å². The fourth-order valence-electron chi connectivity index (χ4n) is 7.56. The molecule has 2 aromatic rings. The van der Waals surface area contributed by atoms with E-state index in [2.05, 4.69) is 44.2 Å². The van der Waals surface area contributed by atoms with Gasteiger partial charge in [-0.2, -0.15) is 0 Å². The number of carbonyl (C=O) groups is 2. The Morgan fingerprint density at radius 2 is 1.52 bits per heavy atom. The summed E-state index contributed by atoms with van der Waals surface area (Å²) in [5, 5.41) is 15.3. The summed E-state index contributed by atoms with van der Waals surface area (Å²) in [6.45, 7) is 9.24. The van der Waals surface area contributed by atoms with Gasteiger partial charge in [0.2, 0.25) is 5.91 Å². The number of carboxylic acid groups (broad SMARTS) is 1. The van der Waals surface area contributed by atoms with Gasteiger partial charge in [-0.3, -0.25) is 14.5 Å². The van der Waals surface area contributed by atoms with E-state index >= 15 is 8.78 Å². The lowest BCUT2D eigenvalue weighted by Crippen LogP contribution is -2.66. The van der Waals surface area contributed by atoms with Crippen LogP contribution < -0.4 is 20.4 Å². The van der Waals surface area contributed by atoms with Crippen molar-refractivity contribution in [3.63, 3.8) is 0 Å². The van der Waals surface area contributed by atoms with Gasteiger partial charge in [0.05, 0.1) is 17.8 Å². The van der Waals surface area contributed by atoms with Gasteiger partial charge in [0.25, 0.3) is 0 Å². The van der Waals surface area contributed by atoms with Crippen molar-refractivity contribution < 1.29 is 23.5 Å². The first-order valence-corrected chi connectivity index (χ1v) is 18.8. The van der Waals surface area contributed by atoms with Crippen molar-refractivity contribution >= 4 is 29.2 Å². The number of piperazine rings is 1. The van der Waals surface area contributed by atoms with Gasteiger partial charge >= 0.3 is 5.97 Å². The van der Waals surface area contributed by atoms with Gasteiger partial charge in [-0.05, 0) is 63.1 Å². The highest BCUT2D eigenvalue weighted by atomic mass is 19.1. The van der Waals surface area contributed by atoms with Crippen LogP contribution in [0.4, 0.5) is 26.1 Å². The molecule has 276 valence electrons. The molecule has 3 fully saturated rings. The fraction of sp³-hybridized carbons (Fsp3) is 0.684. The molecular weight excluding hydrogens is 640 g/mol. The van der Waals surface area contributed by atoms with Crippen LogP contribution in [-0.4, -0.2) is 83.2 Å². The van der Waals surface area contributed by atoms with Crippen LogP contribution in [0.5, 0.6) is 0 Å². The number of benzene rings is 1. The fourth-order valence-corrected chi connectivity index (χ4v) is 7.56. The molecule has 1 aromatic carbocycles. The van der Waals surface area contributed by atoms with Gasteiger partial charge in [-0.25, -0.2) is 18.7 Å². The average Bonchev–Trinajstić information content (AvgIpc) is 3.07. The van der Waals surface area contributed by atoms with E-state index in [-0.39, 0.29) is 30.0 Å². The maximum Gasteiger partial charge on any atom is 0.303 e. The van der Waals surface area contributed by atoms with Crippen LogP contribution in [0.2, 0.25) is 0 Å². The number of hydrogen-bond acceptors (Lipinski definition) is 8. The number of amides is 1. The number of anilines is 3. The van der Waals surface area contributed by atoms with Crippen LogP contribution in [0, 0.1) is 17.0 Å². The second-order valence-corrected chi connectivity index (χ2v) is 15.5. The summed E-state index contributed by atoms with van der Waals surface area (Å²) in [6.07, 6.45) is 15.1. The van der Waals surface area contributed by atoms with Crippen molar-refractivity contribution in [1.82, 2.24) is 20.2 Å². The third-order valence-corrected chi connectivity index (χ3v) is 10.9. The Kier molecular flexibility index (Phi) is 13.3. The Hall–Kier alpha value is -3.54. The summed E-state index contributed by atoms with van der Waals surface area (Å²) in [5.41, 5.74) is 0.279. The number of carbonyl (C=O) groups excluding carboxylic acids is 1. The van der Waals surface area contributed by atoms with E-state index in [1.54, 1.807) is 11.2 Å². The molecule has 0 saturated carbocycles. The van der Waals surface area contributed by atoms with E-state index in [4.69, 9.17) is 5.11 Å². The van der Waals surface area contributed by atoms with Crippen LogP contribution in [0.25, 0.3) is 0 Å². The van der Waals surface area contributed by atoms with Crippen LogP contribution in [0.3, 0.4) is 0 Å². The molecule has 0 radical (unpaired) electrons. The summed E-state index contributed by atoms with van der Waals surface area (Å²) in [5.74, 6) is -0.161. The predicted octanol–water partition coefficient (Wildman–Crippen LogP) is 6.75. The van der Waals surface area contributed by atoms with E-state index in [0.29, 0.717) is 44.6 Å². The van der Waals surface area contributed by atoms with Crippen molar-refractivity contribution in [3.05, 3.63) is 41.7 Å². The average molecular weight is 698 g/mol. The molecule has 1 spiro atoms. The number of nitrogens with one attached hydrogen (secondary N) is 2. The standard InChI is InChI=1S/C38H57F2N7O3/c1-37(2)13-18-45(19-14-37)25-29-22-31(40)32(23-30(29)39)47-26-35(48)44-38(27-47)15-20-46(21-16-38)34-24-33(42-28-43-34)41-17-11-9-7-5-3-4-6-8-10-12-36(49)50/h22-24,28H,3-21,25-27H2,1-2H3,(H,44,48)(H,49,50)(H,41,42,43). The van der Waals surface area contributed by atoms with E-state index in [9.17, 15) is 9.59 Å². The number of aromatic nitrogens is 2. The molecule has 3 aliphatic heterocycles. The second kappa shape index (κ2) is 17.6. The summed E-state index contributed by atoms with van der Waals surface area (Å²) in [7, 11) is 0. The van der Waals surface area contributed by atoms with Crippen LogP contribution in [0.15, 0.2) is 24.5 Å². The minimum atomic E-state index is -0.704. The first-order chi connectivity index (χ1) is 24.0. The van der Waals surface area contributed by atoms with Crippen molar-refractivity contribution in [2.45, 2.75) is 116 Å². The van der Waals surface area contributed by atoms with Gasteiger partial charge in [-0.15, -0.1) is 0 Å². The zero-order chi connectivity index (χ0) is 35.6. The number of unbranched alkanes of at least 4 members (excludes halogenated alkanes) is 8. The molecule has 10 nitrogen and oxygen atoms in total. The number of carboxylic acids is 1. The number of nitrogens with zero attached hydrogens (tertiary/aromatic N) is 5. The SMILES string of the molecule is CC1(C)CCN(Cc2cc(F)c(N3CC(=O)NC4(CCN(c5cc(NCCCCCCCCCCCC(=O)O)ncn5)CC4)C3)cc2F)CC1. The summed E-state index contributed by atoms with van der Waals surface area (Å²) in [6, 6.07) is 4.58. The lowest BCUT2D eigenvalue weighted by atomic mass is 9.82. The Labute approximate surface area is 296 Å². The smallest absolute Gasteiger partial charge is 0.303 e. The molecule has 4 heterocycles. The van der Waals surface area contributed by atoms with E-state index in [0.717, 1.165) is 76.2 Å². The summed E-state index contributed by atoms with van der Waals surface area (Å²) >= 11 is 0. The van der Waals surface area contributed by atoms with Crippen molar-refractivity contribution in [2.75, 3.05) is 60.9 Å². The molecule has 1 amide bonds. The summed E-state index contributed by atoms with van der Waals surface area (Å²) in [4.78, 5) is 38.5. The lowest BCUT2D eigenvalue weighted by Gasteiger charge is -2.48. The maximum absolute atomic E-state index is 15.5. The zero-order valence-corrected chi connectivity index (χ0v) is 30.1. The Balaban J connectivity index is 1.05. The Morgan fingerprint density at radius 1 is 0.860 bits per heavy atom. The molecule has 3 saturated heterocycles. The molecule has 3 aliphatic rings. The number of piperidine rings is 2. The second-order valence-electron chi connectivity index (χ2n) is 15.5. The van der Waals surface area contributed by atoms with Crippen LogP contribution >= 0.6 is 0 Å². The third kappa shape index (κ3) is 11.0. The largest absolute Gasteiger partial charge is 0.481 e. The molecule has 0 bridgehead atoms. The third-order valence-electron chi connectivity index (χ3n) is 10.9. The van der Waals surface area contributed by atoms with Crippen molar-refractivity contribution in [3.8, 4) is 0 Å². The van der Waals surface area contributed by atoms with Crippen molar-refractivity contribution in [1.29, 1.82) is 0 Å². The molecule has 1 aromatic heterocycles. The van der Waals surface area contributed by atoms with E-state index in [1.807, 2.05) is 6.07 Å². The highest BCUT2D eigenvalue weighted by Gasteiger charge is 2.42. The van der Waals surface area contributed by atoms with Gasteiger partial charge < -0.3 is 25.5 Å². The van der Waals surface area contributed by atoms with E-state index < -0.39 is 23.1 Å². The quantitative estimate of drug-likeness (QED) is 0.155. The lowest BCUT2D eigenvalue weighted by molar-refractivity contribution is -0.137. The molecular formula is C38H57F2N7O3. The van der Waals surface area contributed by atoms with Gasteiger partial charge in [0.1, 0.15) is 29.6 Å². The van der Waals surface area contributed by atoms with Gasteiger partial charge in [0.15, 0.2) is 0 Å². The van der Waals surface area contributed by atoms with Crippen molar-refractivity contribution in [2.24, 2.45) is 5.41 Å². The predicted molar refractivity (Wildman–Crippen MR) is 194 cm³/mol.